The van der Waals surface area contributed by atoms with Gasteiger partial charge in [-0.2, -0.15) is 0 Å². The first kappa shape index (κ1) is 24.2. The molecule has 0 aliphatic heterocycles. The molecule has 1 amide bonds. The summed E-state index contributed by atoms with van der Waals surface area (Å²) in [5.41, 5.74) is 1.90. The Labute approximate surface area is 186 Å². The molecular weight excluding hydrogens is 472 g/mol. The molecule has 0 radical (unpaired) electrons. The number of benzene rings is 2. The number of halogens is 1. The third-order valence-corrected chi connectivity index (χ3v) is 6.47. The number of sulfonamides is 1. The van der Waals surface area contributed by atoms with Gasteiger partial charge in [0.2, 0.25) is 10.0 Å². The van der Waals surface area contributed by atoms with Crippen molar-refractivity contribution in [2.24, 2.45) is 0 Å². The first-order valence-corrected chi connectivity index (χ1v) is 11.8. The molecular formula is C21H27BrN2O5S. The van der Waals surface area contributed by atoms with E-state index in [0.29, 0.717) is 33.7 Å². The second-order valence-electron chi connectivity index (χ2n) is 6.76. The molecule has 0 aromatic heterocycles. The number of hydrogen-bond acceptors (Lipinski definition) is 5. The van der Waals surface area contributed by atoms with Crippen LogP contribution in [0.1, 0.15) is 34.8 Å². The topological polar surface area (TPSA) is 93.7 Å². The Bertz CT molecular complexity index is 1010. The fraction of sp³-hybridized carbons (Fsp3) is 0.381. The molecule has 0 aliphatic carbocycles. The van der Waals surface area contributed by atoms with Crippen LogP contribution in [-0.4, -0.2) is 41.1 Å². The summed E-state index contributed by atoms with van der Waals surface area (Å²) in [6, 6.07) is 8.49. The first-order chi connectivity index (χ1) is 14.2. The molecule has 7 nitrogen and oxygen atoms in total. The van der Waals surface area contributed by atoms with E-state index in [1.165, 1.54) is 7.11 Å². The summed E-state index contributed by atoms with van der Waals surface area (Å²) >= 11 is 3.41. The van der Waals surface area contributed by atoms with E-state index in [-0.39, 0.29) is 23.9 Å². The SMILES string of the molecule is CCCOc1c(Br)cc(C(=O)NCCNS(=O)(=O)c2cc(C)ccc2C)cc1OC. The van der Waals surface area contributed by atoms with Crippen LogP contribution in [0, 0.1) is 13.8 Å². The average molecular weight is 499 g/mol. The van der Waals surface area contributed by atoms with Crippen molar-refractivity contribution in [3.63, 3.8) is 0 Å². The molecule has 0 spiro atoms. The minimum Gasteiger partial charge on any atom is -0.493 e. The third-order valence-electron chi connectivity index (χ3n) is 4.28. The van der Waals surface area contributed by atoms with Gasteiger partial charge in [-0.25, -0.2) is 13.1 Å². The van der Waals surface area contributed by atoms with Crippen LogP contribution in [0.25, 0.3) is 0 Å². The molecule has 2 rings (SSSR count). The molecule has 2 aromatic rings. The molecule has 0 aliphatic rings. The second kappa shape index (κ2) is 10.8. The van der Waals surface area contributed by atoms with E-state index >= 15 is 0 Å². The monoisotopic (exact) mass is 498 g/mol. The molecule has 30 heavy (non-hydrogen) atoms. The lowest BCUT2D eigenvalue weighted by atomic mass is 10.2. The van der Waals surface area contributed by atoms with Crippen LogP contribution in [0.5, 0.6) is 11.5 Å². The van der Waals surface area contributed by atoms with Crippen LogP contribution >= 0.6 is 15.9 Å². The van der Waals surface area contributed by atoms with Gasteiger partial charge in [-0.05, 0) is 65.5 Å². The van der Waals surface area contributed by atoms with E-state index in [1.807, 2.05) is 19.9 Å². The van der Waals surface area contributed by atoms with Crippen molar-refractivity contribution in [1.82, 2.24) is 10.0 Å². The van der Waals surface area contributed by atoms with Crippen LogP contribution in [0.4, 0.5) is 0 Å². The van der Waals surface area contributed by atoms with Crippen molar-refractivity contribution in [2.75, 3.05) is 26.8 Å². The van der Waals surface area contributed by atoms with Gasteiger partial charge in [0, 0.05) is 18.7 Å². The number of methoxy groups -OCH3 is 1. The van der Waals surface area contributed by atoms with Crippen molar-refractivity contribution in [3.05, 3.63) is 51.5 Å². The number of amides is 1. The van der Waals surface area contributed by atoms with Crippen molar-refractivity contribution in [1.29, 1.82) is 0 Å². The van der Waals surface area contributed by atoms with Crippen molar-refractivity contribution in [2.45, 2.75) is 32.1 Å². The molecule has 0 fully saturated rings. The van der Waals surface area contributed by atoms with E-state index in [2.05, 4.69) is 26.0 Å². The maximum absolute atomic E-state index is 12.5. The molecule has 164 valence electrons. The Hall–Kier alpha value is -2.10. The van der Waals surface area contributed by atoms with E-state index in [1.54, 1.807) is 31.2 Å². The quantitative estimate of drug-likeness (QED) is 0.488. The lowest BCUT2D eigenvalue weighted by Crippen LogP contribution is -2.35. The number of nitrogens with one attached hydrogen (secondary N) is 2. The maximum atomic E-state index is 12.5. The largest absolute Gasteiger partial charge is 0.493 e. The Morgan fingerprint density at radius 3 is 2.53 bits per heavy atom. The van der Waals surface area contributed by atoms with E-state index < -0.39 is 10.0 Å². The second-order valence-corrected chi connectivity index (χ2v) is 9.35. The molecule has 0 saturated carbocycles. The first-order valence-electron chi connectivity index (χ1n) is 9.55. The molecule has 2 N–H and O–H groups in total. The highest BCUT2D eigenvalue weighted by Gasteiger charge is 2.18. The fourth-order valence-corrected chi connectivity index (χ4v) is 4.65. The predicted octanol–water partition coefficient (Wildman–Crippen LogP) is 3.57. The highest BCUT2D eigenvalue weighted by molar-refractivity contribution is 9.10. The van der Waals surface area contributed by atoms with E-state index in [9.17, 15) is 13.2 Å². The molecule has 0 saturated heterocycles. The minimum atomic E-state index is -3.65. The summed E-state index contributed by atoms with van der Waals surface area (Å²) in [5.74, 6) is 0.637. The lowest BCUT2D eigenvalue weighted by Gasteiger charge is -2.14. The van der Waals surface area contributed by atoms with Gasteiger partial charge in [-0.1, -0.05) is 19.1 Å². The molecule has 0 heterocycles. The fourth-order valence-electron chi connectivity index (χ4n) is 2.73. The molecule has 9 heteroatoms. The summed E-state index contributed by atoms with van der Waals surface area (Å²) in [6.45, 7) is 6.31. The Kier molecular flexibility index (Phi) is 8.69. The number of hydrogen-bond donors (Lipinski definition) is 2. The van der Waals surface area contributed by atoms with Gasteiger partial charge in [0.1, 0.15) is 0 Å². The number of aryl methyl sites for hydroxylation is 2. The van der Waals surface area contributed by atoms with Gasteiger partial charge < -0.3 is 14.8 Å². The van der Waals surface area contributed by atoms with Gasteiger partial charge in [0.15, 0.2) is 11.5 Å². The smallest absolute Gasteiger partial charge is 0.251 e. The van der Waals surface area contributed by atoms with Gasteiger partial charge in [0.05, 0.1) is 23.1 Å². The summed E-state index contributed by atoms with van der Waals surface area (Å²) in [5, 5.41) is 2.71. The van der Waals surface area contributed by atoms with Crippen LogP contribution in [0.2, 0.25) is 0 Å². The van der Waals surface area contributed by atoms with E-state index in [4.69, 9.17) is 9.47 Å². The number of ether oxygens (including phenoxy) is 2. The van der Waals surface area contributed by atoms with Crippen LogP contribution in [0.3, 0.4) is 0 Å². The highest BCUT2D eigenvalue weighted by atomic mass is 79.9. The molecule has 0 bridgehead atoms. The summed E-state index contributed by atoms with van der Waals surface area (Å²) in [4.78, 5) is 12.7. The summed E-state index contributed by atoms with van der Waals surface area (Å²) in [7, 11) is -2.15. The molecule has 0 unspecified atom stereocenters. The van der Waals surface area contributed by atoms with Gasteiger partial charge in [0.25, 0.3) is 5.91 Å². The third kappa shape index (κ3) is 6.20. The van der Waals surface area contributed by atoms with E-state index in [0.717, 1.165) is 12.0 Å². The zero-order chi connectivity index (χ0) is 22.3. The normalized spacial score (nSPS) is 11.2. The number of rotatable bonds is 10. The molecule has 0 atom stereocenters. The van der Waals surface area contributed by atoms with Gasteiger partial charge in [-0.3, -0.25) is 4.79 Å². The number of carbonyl (C=O) groups is 1. The van der Waals surface area contributed by atoms with Crippen molar-refractivity contribution < 1.29 is 22.7 Å². The summed E-state index contributed by atoms with van der Waals surface area (Å²) in [6.07, 6.45) is 0.843. The summed E-state index contributed by atoms with van der Waals surface area (Å²) < 4.78 is 39.1. The minimum absolute atomic E-state index is 0.0669. The zero-order valence-electron chi connectivity index (χ0n) is 17.5. The lowest BCUT2D eigenvalue weighted by molar-refractivity contribution is 0.0954. The Morgan fingerprint density at radius 2 is 1.87 bits per heavy atom. The van der Waals surface area contributed by atoms with Gasteiger partial charge in [-0.15, -0.1) is 0 Å². The predicted molar refractivity (Wildman–Crippen MR) is 120 cm³/mol. The Balaban J connectivity index is 1.99. The average Bonchev–Trinajstić information content (AvgIpc) is 2.71. The maximum Gasteiger partial charge on any atom is 0.251 e. The number of carbonyl (C=O) groups excluding carboxylic acids is 1. The van der Waals surface area contributed by atoms with Crippen molar-refractivity contribution >= 4 is 31.9 Å². The molecule has 2 aromatic carbocycles. The zero-order valence-corrected chi connectivity index (χ0v) is 19.9. The van der Waals surface area contributed by atoms with Crippen LogP contribution in [0.15, 0.2) is 39.7 Å². The highest BCUT2D eigenvalue weighted by Crippen LogP contribution is 2.36. The standard InChI is InChI=1S/C21H27BrN2O5S/c1-5-10-29-20-17(22)12-16(13-18(20)28-4)21(25)23-8-9-24-30(26,27)19-11-14(2)6-7-15(19)3/h6-7,11-13,24H,5,8-10H2,1-4H3,(H,23,25). The van der Waals surface area contributed by atoms with Gasteiger partial charge >= 0.3 is 0 Å². The van der Waals surface area contributed by atoms with Crippen LogP contribution in [-0.2, 0) is 10.0 Å². The van der Waals surface area contributed by atoms with Crippen molar-refractivity contribution in [3.8, 4) is 11.5 Å². The van der Waals surface area contributed by atoms with Crippen LogP contribution < -0.4 is 19.5 Å². The Morgan fingerprint density at radius 1 is 1.13 bits per heavy atom.